The van der Waals surface area contributed by atoms with Crippen LogP contribution in [-0.4, -0.2) is 117 Å². The van der Waals surface area contributed by atoms with Crippen LogP contribution in [0.1, 0.15) is 38.7 Å². The van der Waals surface area contributed by atoms with Gasteiger partial charge in [0.2, 0.25) is 35.4 Å². The van der Waals surface area contributed by atoms with Crippen molar-refractivity contribution in [2.75, 3.05) is 43.4 Å². The number of benzene rings is 2. The quantitative estimate of drug-likeness (QED) is 0.0301. The highest BCUT2D eigenvalue weighted by molar-refractivity contribution is 7.99. The number of ether oxygens (including phenoxy) is 2. The molecule has 1 heterocycles. The Labute approximate surface area is 355 Å². The number of nitrogens with zero attached hydrogens (tertiary/aromatic N) is 4. The third-order valence-corrected chi connectivity index (χ3v) is 9.70. The molecule has 1 aliphatic rings. The Balaban J connectivity index is 1.54. The maximum atomic E-state index is 13.5. The lowest BCUT2D eigenvalue weighted by Gasteiger charge is -2.41. The van der Waals surface area contributed by atoms with E-state index >= 15 is 0 Å². The Morgan fingerprint density at radius 1 is 0.885 bits per heavy atom. The molecule has 61 heavy (non-hydrogen) atoms. The Morgan fingerprint density at radius 3 is 2.05 bits per heavy atom. The summed E-state index contributed by atoms with van der Waals surface area (Å²) < 4.78 is 10.1. The van der Waals surface area contributed by atoms with Crippen molar-refractivity contribution in [1.29, 1.82) is 0 Å². The van der Waals surface area contributed by atoms with E-state index in [1.165, 1.54) is 51.1 Å². The second kappa shape index (κ2) is 24.2. The lowest BCUT2D eigenvalue weighted by Crippen LogP contribution is -2.59. The van der Waals surface area contributed by atoms with E-state index < -0.39 is 64.6 Å². The van der Waals surface area contributed by atoms with Crippen LogP contribution < -0.4 is 31.7 Å². The van der Waals surface area contributed by atoms with Crippen molar-refractivity contribution in [3.8, 4) is 5.75 Å². The summed E-state index contributed by atoms with van der Waals surface area (Å²) in [5, 5.41) is 21.3. The molecular formula is C39H49N9O12S. The molecule has 1 saturated heterocycles. The number of nitro groups is 1. The first kappa shape index (κ1) is 48.4. The largest absolute Gasteiger partial charge is 0.514 e. The molecule has 21 nitrogen and oxygen atoms in total. The minimum Gasteiger partial charge on any atom is -0.429 e. The molecule has 2 aromatic rings. The fourth-order valence-corrected chi connectivity index (χ4v) is 6.28. The van der Waals surface area contributed by atoms with Crippen molar-refractivity contribution in [1.82, 2.24) is 30.7 Å². The standard InChI is InChI=1S/C39H49N9O12S/c1-5-32(50)45-22-46(33(51)6-2)24-47(23-45)34(52)17-19-61-21-31(49)44-35(25(3)4)37(54)43-30(8-7-18-41-38(40)55)36(53)42-27-11-9-26(10-12-27)20-59-39(56)60-29-15-13-28(14-16-29)48(57)58/h5-6,9-16,25,30,35H,1-2,7-8,17-24H2,3-4H3,(H,42,53)(H,43,54)(H,44,49)(H3,40,41,55)/t30-,35-/m0/s1. The number of carbonyl (C=O) groups is 8. The second-order valence-corrected chi connectivity index (χ2v) is 14.8. The summed E-state index contributed by atoms with van der Waals surface area (Å²) in [6, 6.07) is 8.16. The number of nitrogens with one attached hydrogen (secondary N) is 4. The summed E-state index contributed by atoms with van der Waals surface area (Å²) in [5.41, 5.74) is 5.85. The van der Waals surface area contributed by atoms with Gasteiger partial charge in [-0.3, -0.25) is 38.9 Å². The number of primary amides is 1. The van der Waals surface area contributed by atoms with Gasteiger partial charge in [-0.2, -0.15) is 11.8 Å². The predicted molar refractivity (Wildman–Crippen MR) is 222 cm³/mol. The Kier molecular flexibility index (Phi) is 19.2. The van der Waals surface area contributed by atoms with Crippen LogP contribution in [0.2, 0.25) is 0 Å². The van der Waals surface area contributed by atoms with Crippen LogP contribution in [0, 0.1) is 16.0 Å². The maximum Gasteiger partial charge on any atom is 0.514 e. The summed E-state index contributed by atoms with van der Waals surface area (Å²) in [4.78, 5) is 115. The Bertz CT molecular complexity index is 1920. The van der Waals surface area contributed by atoms with E-state index in [2.05, 4.69) is 34.4 Å². The zero-order chi connectivity index (χ0) is 45.1. The summed E-state index contributed by atoms with van der Waals surface area (Å²) in [6.45, 7) is 10.1. The average Bonchev–Trinajstić information content (AvgIpc) is 3.24. The molecule has 2 aromatic carbocycles. The van der Waals surface area contributed by atoms with Crippen LogP contribution in [-0.2, 0) is 40.1 Å². The van der Waals surface area contributed by atoms with E-state index in [-0.39, 0.29) is 81.3 Å². The number of hydrogen-bond donors (Lipinski definition) is 5. The van der Waals surface area contributed by atoms with Crippen LogP contribution in [0.5, 0.6) is 5.75 Å². The number of amides is 8. The molecule has 1 fully saturated rings. The molecule has 8 amide bonds. The van der Waals surface area contributed by atoms with Crippen molar-refractivity contribution in [3.05, 3.63) is 89.5 Å². The lowest BCUT2D eigenvalue weighted by atomic mass is 10.0. The summed E-state index contributed by atoms with van der Waals surface area (Å²) in [7, 11) is 0. The average molecular weight is 868 g/mol. The molecule has 2 atom stereocenters. The van der Waals surface area contributed by atoms with E-state index in [0.29, 0.717) is 11.3 Å². The maximum absolute atomic E-state index is 13.5. The molecule has 1 aliphatic heterocycles. The first-order valence-corrected chi connectivity index (χ1v) is 20.0. The first-order valence-electron chi connectivity index (χ1n) is 18.8. The number of anilines is 1. The summed E-state index contributed by atoms with van der Waals surface area (Å²) >= 11 is 1.14. The van der Waals surface area contributed by atoms with Gasteiger partial charge in [-0.15, -0.1) is 0 Å². The highest BCUT2D eigenvalue weighted by Crippen LogP contribution is 2.19. The van der Waals surface area contributed by atoms with Crippen LogP contribution >= 0.6 is 11.8 Å². The molecule has 0 radical (unpaired) electrons. The van der Waals surface area contributed by atoms with Crippen LogP contribution in [0.3, 0.4) is 0 Å². The van der Waals surface area contributed by atoms with Gasteiger partial charge in [-0.05, 0) is 60.7 Å². The first-order chi connectivity index (χ1) is 29.0. The summed E-state index contributed by atoms with van der Waals surface area (Å²) in [6.07, 6.45) is 1.46. The second-order valence-electron chi connectivity index (χ2n) is 13.7. The smallest absolute Gasteiger partial charge is 0.429 e. The molecule has 0 saturated carbocycles. The Morgan fingerprint density at radius 2 is 1.49 bits per heavy atom. The van der Waals surface area contributed by atoms with E-state index in [4.69, 9.17) is 15.2 Å². The topological polar surface area (TPSA) is 282 Å². The molecule has 0 unspecified atom stereocenters. The Hall–Kier alpha value is -6.97. The van der Waals surface area contributed by atoms with E-state index in [1.807, 2.05) is 0 Å². The monoisotopic (exact) mass is 867 g/mol. The van der Waals surface area contributed by atoms with Gasteiger partial charge in [0, 0.05) is 36.5 Å². The number of carbonyl (C=O) groups excluding carboxylic acids is 8. The van der Waals surface area contributed by atoms with E-state index in [1.54, 1.807) is 26.0 Å². The third-order valence-electron chi connectivity index (χ3n) is 8.74. The SMILES string of the molecule is C=CC(=O)N1CN(C(=O)C=C)CN(C(=O)CCSCC(=O)N[C@H](C(=O)N[C@@H](CCCNC(N)=O)C(=O)Nc2ccc(COC(=O)Oc3ccc([N+](=O)[O-])cc3)cc2)C(C)C)C1. The minimum atomic E-state index is -1.11. The fraction of sp³-hybridized carbons (Fsp3) is 0.385. The number of hydrogen-bond acceptors (Lipinski definition) is 13. The number of urea groups is 1. The van der Waals surface area contributed by atoms with Gasteiger partial charge >= 0.3 is 12.2 Å². The van der Waals surface area contributed by atoms with Crippen molar-refractivity contribution in [3.63, 3.8) is 0 Å². The molecule has 328 valence electrons. The van der Waals surface area contributed by atoms with Crippen LogP contribution in [0.25, 0.3) is 0 Å². The van der Waals surface area contributed by atoms with Gasteiger partial charge < -0.3 is 51.2 Å². The molecule has 0 aliphatic carbocycles. The van der Waals surface area contributed by atoms with Crippen molar-refractivity contribution >= 4 is 70.8 Å². The fourth-order valence-electron chi connectivity index (χ4n) is 5.55. The van der Waals surface area contributed by atoms with Gasteiger partial charge in [0.05, 0.1) is 30.7 Å². The normalized spacial score (nSPS) is 13.2. The third kappa shape index (κ3) is 16.3. The minimum absolute atomic E-state index is 0.00302. The highest BCUT2D eigenvalue weighted by Gasteiger charge is 2.31. The number of nitrogens with two attached hydrogens (primary N) is 1. The molecule has 0 spiro atoms. The van der Waals surface area contributed by atoms with Crippen LogP contribution in [0.15, 0.2) is 73.8 Å². The number of rotatable bonds is 21. The van der Waals surface area contributed by atoms with Gasteiger partial charge in [0.15, 0.2) is 0 Å². The van der Waals surface area contributed by atoms with Crippen molar-refractivity contribution in [2.45, 2.75) is 51.8 Å². The van der Waals surface area contributed by atoms with Crippen molar-refractivity contribution in [2.24, 2.45) is 11.7 Å². The van der Waals surface area contributed by atoms with Crippen molar-refractivity contribution < 1.29 is 52.8 Å². The zero-order valence-electron chi connectivity index (χ0n) is 33.7. The molecular weight excluding hydrogens is 819 g/mol. The number of nitro benzene ring substituents is 1. The van der Waals surface area contributed by atoms with Gasteiger partial charge in [-0.25, -0.2) is 9.59 Å². The number of non-ortho nitro benzene ring substituents is 1. The molecule has 0 bridgehead atoms. The zero-order valence-corrected chi connectivity index (χ0v) is 34.5. The van der Waals surface area contributed by atoms with Crippen LogP contribution in [0.4, 0.5) is 21.0 Å². The summed E-state index contributed by atoms with van der Waals surface area (Å²) in [5.74, 6) is -3.23. The highest BCUT2D eigenvalue weighted by atomic mass is 32.2. The van der Waals surface area contributed by atoms with E-state index in [9.17, 15) is 48.5 Å². The number of thioether (sulfide) groups is 1. The van der Waals surface area contributed by atoms with E-state index in [0.717, 1.165) is 23.9 Å². The molecule has 0 aromatic heterocycles. The lowest BCUT2D eigenvalue weighted by molar-refractivity contribution is -0.384. The molecule has 3 rings (SSSR count). The molecule has 6 N–H and O–H groups in total. The predicted octanol–water partition coefficient (Wildman–Crippen LogP) is 2.19. The van der Waals surface area contributed by atoms with Gasteiger partial charge in [0.25, 0.3) is 5.69 Å². The van der Waals surface area contributed by atoms with Gasteiger partial charge in [0.1, 0.15) is 24.4 Å². The van der Waals surface area contributed by atoms with Gasteiger partial charge in [-0.1, -0.05) is 39.1 Å². The molecule has 22 heteroatoms.